The van der Waals surface area contributed by atoms with E-state index in [1.807, 2.05) is 6.92 Å². The SMILES string of the molecule is CCCCC1COC(C(F)(F)Oc2ccc(C3CCC(C(F)(F)Oc4cc(F)c(OC=C(F)F)c(F)c4)CC3)cc2)OC1. The van der Waals surface area contributed by atoms with Crippen molar-refractivity contribution in [2.75, 3.05) is 13.2 Å². The summed E-state index contributed by atoms with van der Waals surface area (Å²) in [5, 5.41) is 0. The second-order valence-electron chi connectivity index (χ2n) is 10.7. The zero-order chi connectivity index (χ0) is 31.2. The van der Waals surface area contributed by atoms with Crippen LogP contribution in [-0.4, -0.2) is 31.7 Å². The molecule has 0 atom stereocenters. The Bertz CT molecular complexity index is 1200. The van der Waals surface area contributed by atoms with Crippen molar-refractivity contribution in [3.05, 3.63) is 65.9 Å². The lowest BCUT2D eigenvalue weighted by Crippen LogP contribution is -2.47. The molecule has 1 saturated carbocycles. The van der Waals surface area contributed by atoms with Crippen LogP contribution in [0.15, 0.2) is 48.7 Å². The molecule has 4 rings (SSSR count). The Hall–Kier alpha value is -3.06. The summed E-state index contributed by atoms with van der Waals surface area (Å²) < 4.78 is 135. The van der Waals surface area contributed by atoms with Crippen molar-refractivity contribution in [3.63, 3.8) is 0 Å². The summed E-state index contributed by atoms with van der Waals surface area (Å²) in [5.74, 6) is -6.45. The molecule has 5 nitrogen and oxygen atoms in total. The van der Waals surface area contributed by atoms with Crippen LogP contribution in [0.1, 0.15) is 63.4 Å². The molecule has 2 aliphatic rings. The highest BCUT2D eigenvalue weighted by atomic mass is 19.3. The lowest BCUT2D eigenvalue weighted by Gasteiger charge is -2.34. The fraction of sp³-hybridized carbons (Fsp3) is 0.533. The maximum absolute atomic E-state index is 14.9. The molecule has 0 aromatic heterocycles. The lowest BCUT2D eigenvalue weighted by atomic mass is 9.78. The summed E-state index contributed by atoms with van der Waals surface area (Å²) in [6.45, 7) is 2.36. The van der Waals surface area contributed by atoms with Gasteiger partial charge in [0.2, 0.25) is 0 Å². The van der Waals surface area contributed by atoms with E-state index >= 15 is 0 Å². The summed E-state index contributed by atoms with van der Waals surface area (Å²) in [6, 6.07) is 6.77. The fourth-order valence-electron chi connectivity index (χ4n) is 5.22. The van der Waals surface area contributed by atoms with Crippen LogP contribution in [0, 0.1) is 23.5 Å². The van der Waals surface area contributed by atoms with Gasteiger partial charge in [-0.15, -0.1) is 0 Å². The Balaban J connectivity index is 1.28. The summed E-state index contributed by atoms with van der Waals surface area (Å²) >= 11 is 0. The van der Waals surface area contributed by atoms with E-state index in [2.05, 4.69) is 9.47 Å². The van der Waals surface area contributed by atoms with E-state index in [9.17, 15) is 35.1 Å². The number of unbranched alkanes of at least 4 members (excludes halogenated alkanes) is 1. The van der Waals surface area contributed by atoms with Gasteiger partial charge in [0.25, 0.3) is 6.29 Å². The van der Waals surface area contributed by atoms with Crippen LogP contribution >= 0.6 is 0 Å². The normalized spacial score (nSPS) is 23.0. The van der Waals surface area contributed by atoms with Gasteiger partial charge in [-0.3, -0.25) is 0 Å². The molecule has 0 radical (unpaired) electrons. The number of halogens is 8. The first-order valence-electron chi connectivity index (χ1n) is 14.0. The van der Waals surface area contributed by atoms with Crippen LogP contribution in [0.3, 0.4) is 0 Å². The van der Waals surface area contributed by atoms with Crippen molar-refractivity contribution < 1.29 is 58.8 Å². The van der Waals surface area contributed by atoms with Crippen LogP contribution in [-0.2, 0) is 9.47 Å². The number of hydrogen-bond donors (Lipinski definition) is 0. The number of hydrogen-bond acceptors (Lipinski definition) is 5. The fourth-order valence-corrected chi connectivity index (χ4v) is 5.22. The standard InChI is InChI=1S/C30H32F8O5/c1-2-3-4-18-15-40-28(41-16-18)30(37,38)42-22-11-7-20(8-12-22)19-5-9-21(10-6-19)29(35,36)43-23-13-24(31)27(25(32)14-23)39-17-26(33)34/h7-8,11-14,17-19,21,28H,2-6,9-10,15-16H2,1H3. The third kappa shape index (κ3) is 8.75. The molecule has 2 aromatic rings. The Morgan fingerprint density at radius 1 is 0.860 bits per heavy atom. The van der Waals surface area contributed by atoms with Crippen molar-refractivity contribution in [1.82, 2.24) is 0 Å². The third-order valence-electron chi connectivity index (χ3n) is 7.51. The molecule has 2 aromatic carbocycles. The highest BCUT2D eigenvalue weighted by molar-refractivity contribution is 5.35. The molecule has 1 saturated heterocycles. The topological polar surface area (TPSA) is 46.2 Å². The summed E-state index contributed by atoms with van der Waals surface area (Å²) in [4.78, 5) is 0. The molecule has 238 valence electrons. The van der Waals surface area contributed by atoms with Crippen molar-refractivity contribution >= 4 is 0 Å². The van der Waals surface area contributed by atoms with Gasteiger partial charge in [-0.2, -0.15) is 26.3 Å². The molecule has 1 heterocycles. The van der Waals surface area contributed by atoms with E-state index in [0.717, 1.165) is 24.8 Å². The Morgan fingerprint density at radius 3 is 2.00 bits per heavy atom. The summed E-state index contributed by atoms with van der Waals surface area (Å²) in [7, 11) is 0. The molecule has 2 fully saturated rings. The minimum Gasteiger partial charge on any atom is -0.453 e. The van der Waals surface area contributed by atoms with Crippen LogP contribution in [0.2, 0.25) is 0 Å². The number of alkyl halides is 4. The van der Waals surface area contributed by atoms with E-state index < -0.39 is 53.6 Å². The van der Waals surface area contributed by atoms with Crippen molar-refractivity contribution in [3.8, 4) is 17.2 Å². The molecule has 0 unspecified atom stereocenters. The van der Waals surface area contributed by atoms with Gasteiger partial charge in [0, 0.05) is 18.1 Å². The zero-order valence-electron chi connectivity index (χ0n) is 23.3. The minimum absolute atomic E-state index is 0.0102. The molecule has 0 bridgehead atoms. The second kappa shape index (κ2) is 14.1. The van der Waals surface area contributed by atoms with Crippen LogP contribution < -0.4 is 14.2 Å². The smallest absolute Gasteiger partial charge is 0.451 e. The minimum atomic E-state index is -3.78. The largest absolute Gasteiger partial charge is 0.453 e. The molecule has 43 heavy (non-hydrogen) atoms. The Labute approximate surface area is 243 Å². The summed E-state index contributed by atoms with van der Waals surface area (Å²) in [6.07, 6.45) is -8.42. The Morgan fingerprint density at radius 2 is 1.44 bits per heavy atom. The molecule has 1 aliphatic carbocycles. The zero-order valence-corrected chi connectivity index (χ0v) is 23.3. The van der Waals surface area contributed by atoms with Crippen molar-refractivity contribution in [2.24, 2.45) is 11.8 Å². The van der Waals surface area contributed by atoms with E-state index in [-0.39, 0.29) is 49.9 Å². The van der Waals surface area contributed by atoms with Gasteiger partial charge < -0.3 is 23.7 Å². The summed E-state index contributed by atoms with van der Waals surface area (Å²) in [5.41, 5.74) is 0.751. The van der Waals surface area contributed by atoms with E-state index in [1.54, 1.807) is 12.1 Å². The Kier molecular flexibility index (Phi) is 10.8. The van der Waals surface area contributed by atoms with Gasteiger partial charge in [0.15, 0.2) is 23.6 Å². The van der Waals surface area contributed by atoms with Gasteiger partial charge in [0.05, 0.1) is 19.1 Å². The van der Waals surface area contributed by atoms with E-state index in [4.69, 9.17) is 14.2 Å². The monoisotopic (exact) mass is 624 g/mol. The molecular formula is C30H32F8O5. The van der Waals surface area contributed by atoms with E-state index in [1.165, 1.54) is 12.1 Å². The van der Waals surface area contributed by atoms with Gasteiger partial charge in [-0.1, -0.05) is 31.9 Å². The van der Waals surface area contributed by atoms with Gasteiger partial charge in [-0.05, 0) is 55.7 Å². The molecule has 0 spiro atoms. The second-order valence-corrected chi connectivity index (χ2v) is 10.7. The molecular weight excluding hydrogens is 592 g/mol. The molecule has 0 amide bonds. The quantitative estimate of drug-likeness (QED) is 0.174. The van der Waals surface area contributed by atoms with Gasteiger partial charge in [-0.25, -0.2) is 8.78 Å². The number of benzene rings is 2. The van der Waals surface area contributed by atoms with E-state index in [0.29, 0.717) is 25.0 Å². The predicted octanol–water partition coefficient (Wildman–Crippen LogP) is 9.18. The predicted molar refractivity (Wildman–Crippen MR) is 138 cm³/mol. The van der Waals surface area contributed by atoms with Gasteiger partial charge >= 0.3 is 18.3 Å². The van der Waals surface area contributed by atoms with Crippen LogP contribution in [0.4, 0.5) is 35.1 Å². The first-order valence-corrected chi connectivity index (χ1v) is 14.0. The number of ether oxygens (including phenoxy) is 5. The maximum Gasteiger partial charge on any atom is 0.451 e. The highest BCUT2D eigenvalue weighted by Gasteiger charge is 2.47. The third-order valence-corrected chi connectivity index (χ3v) is 7.51. The highest BCUT2D eigenvalue weighted by Crippen LogP contribution is 2.44. The van der Waals surface area contributed by atoms with Crippen LogP contribution in [0.25, 0.3) is 0 Å². The molecule has 1 aliphatic heterocycles. The van der Waals surface area contributed by atoms with Crippen molar-refractivity contribution in [2.45, 2.75) is 76.3 Å². The average Bonchev–Trinajstić information content (AvgIpc) is 2.96. The van der Waals surface area contributed by atoms with Gasteiger partial charge in [0.1, 0.15) is 11.5 Å². The average molecular weight is 625 g/mol. The molecule has 13 heteroatoms. The lowest BCUT2D eigenvalue weighted by molar-refractivity contribution is -0.352. The van der Waals surface area contributed by atoms with Crippen LogP contribution in [0.5, 0.6) is 17.2 Å². The van der Waals surface area contributed by atoms with Crippen molar-refractivity contribution in [1.29, 1.82) is 0 Å². The number of rotatable bonds is 12. The first-order chi connectivity index (χ1) is 20.4. The molecule has 0 N–H and O–H groups in total. The maximum atomic E-state index is 14.9. The first kappa shape index (κ1) is 32.8.